The van der Waals surface area contributed by atoms with Crippen molar-refractivity contribution in [2.24, 2.45) is 9.98 Å². The van der Waals surface area contributed by atoms with Crippen molar-refractivity contribution in [2.75, 3.05) is 26.3 Å². The van der Waals surface area contributed by atoms with E-state index in [0.29, 0.717) is 48.9 Å². The zero-order chi connectivity index (χ0) is 27.3. The van der Waals surface area contributed by atoms with Crippen LogP contribution >= 0.6 is 0 Å². The first kappa shape index (κ1) is 31.2. The van der Waals surface area contributed by atoms with Gasteiger partial charge in [-0.1, -0.05) is 78.1 Å². The number of phenols is 2. The van der Waals surface area contributed by atoms with Crippen molar-refractivity contribution in [1.29, 1.82) is 0 Å². The molecule has 2 N–H and O–H groups in total. The van der Waals surface area contributed by atoms with E-state index in [-0.39, 0.29) is 11.5 Å². The minimum atomic E-state index is 0.154. The molecule has 0 radical (unpaired) electrons. The van der Waals surface area contributed by atoms with E-state index in [9.17, 15) is 10.2 Å². The van der Waals surface area contributed by atoms with E-state index in [0.717, 1.165) is 12.8 Å². The van der Waals surface area contributed by atoms with Crippen LogP contribution in [0.3, 0.4) is 0 Å². The minimum Gasteiger partial charge on any atom is -0.507 e. The van der Waals surface area contributed by atoms with Crippen molar-refractivity contribution in [2.45, 2.75) is 90.9 Å². The Hall–Kier alpha value is -3.02. The fourth-order valence-electron chi connectivity index (χ4n) is 4.03. The summed E-state index contributed by atoms with van der Waals surface area (Å²) < 4.78 is 11.5. The quantitative estimate of drug-likeness (QED) is 0.128. The van der Waals surface area contributed by atoms with Gasteiger partial charge in [0.25, 0.3) is 0 Å². The summed E-state index contributed by atoms with van der Waals surface area (Å²) in [4.78, 5) is 8.71. The van der Waals surface area contributed by atoms with Gasteiger partial charge < -0.3 is 19.7 Å². The molecule has 0 aliphatic carbocycles. The number of phenolic OH excluding ortho intramolecular Hbond substituents is 2. The molecule has 0 fully saturated rings. The van der Waals surface area contributed by atoms with Gasteiger partial charge in [0.1, 0.15) is 23.0 Å². The van der Waals surface area contributed by atoms with Crippen molar-refractivity contribution in [3.63, 3.8) is 0 Å². The molecular weight excluding hydrogens is 476 g/mol. The fraction of sp³-hybridized carbons (Fsp3) is 0.562. The fourth-order valence-corrected chi connectivity index (χ4v) is 4.03. The third kappa shape index (κ3) is 13.5. The number of rotatable bonds is 21. The SMILES string of the molecule is CCCCCCCCOc1ccc(C=NCCN=Cc2ccc(OCCCCCCCC)cc2O)c(O)c1. The third-order valence-electron chi connectivity index (χ3n) is 6.36. The van der Waals surface area contributed by atoms with Gasteiger partial charge in [0.05, 0.1) is 26.3 Å². The molecule has 0 saturated carbocycles. The molecule has 0 heterocycles. The lowest BCUT2D eigenvalue weighted by molar-refractivity contribution is 0.302. The van der Waals surface area contributed by atoms with Crippen LogP contribution in [0.15, 0.2) is 46.4 Å². The van der Waals surface area contributed by atoms with Gasteiger partial charge in [0.15, 0.2) is 0 Å². The number of aromatic hydroxyl groups is 2. The number of hydrogen-bond acceptors (Lipinski definition) is 6. The maximum absolute atomic E-state index is 10.3. The van der Waals surface area contributed by atoms with Crippen LogP contribution in [0.1, 0.15) is 102 Å². The molecule has 210 valence electrons. The van der Waals surface area contributed by atoms with Crippen molar-refractivity contribution < 1.29 is 19.7 Å². The van der Waals surface area contributed by atoms with Gasteiger partial charge in [-0.05, 0) is 37.1 Å². The summed E-state index contributed by atoms with van der Waals surface area (Å²) in [5.41, 5.74) is 1.30. The molecule has 0 aliphatic rings. The number of nitrogens with zero attached hydrogens (tertiary/aromatic N) is 2. The van der Waals surface area contributed by atoms with E-state index in [1.54, 1.807) is 24.6 Å². The number of unbranched alkanes of at least 4 members (excludes halogenated alkanes) is 10. The van der Waals surface area contributed by atoms with Crippen LogP contribution < -0.4 is 9.47 Å². The first-order valence-corrected chi connectivity index (χ1v) is 14.5. The molecular formula is C32H48N2O4. The first-order chi connectivity index (χ1) is 18.6. The van der Waals surface area contributed by atoms with Crippen LogP contribution in [0, 0.1) is 0 Å². The summed E-state index contributed by atoms with van der Waals surface area (Å²) in [5, 5.41) is 20.5. The standard InChI is InChI=1S/C32H48N2O4/c1-3-5-7-9-11-13-21-37-29-17-15-27(31(35)23-29)25-33-19-20-34-26-28-16-18-30(24-32(28)36)38-22-14-12-10-8-6-4-2/h15-18,23-26,35-36H,3-14,19-22H2,1-2H3. The predicted octanol–water partition coefficient (Wildman–Crippen LogP) is 8.11. The average molecular weight is 525 g/mol. The van der Waals surface area contributed by atoms with Crippen LogP contribution in [-0.2, 0) is 0 Å². The Bertz CT molecular complexity index is 881. The van der Waals surface area contributed by atoms with Gasteiger partial charge in [-0.2, -0.15) is 0 Å². The molecule has 2 aromatic carbocycles. The normalized spacial score (nSPS) is 11.5. The minimum absolute atomic E-state index is 0.154. The van der Waals surface area contributed by atoms with E-state index >= 15 is 0 Å². The Labute approximate surface area is 229 Å². The highest BCUT2D eigenvalue weighted by molar-refractivity contribution is 5.84. The molecule has 0 spiro atoms. The van der Waals surface area contributed by atoms with Gasteiger partial charge in [0.2, 0.25) is 0 Å². The lowest BCUT2D eigenvalue weighted by Gasteiger charge is -2.08. The Morgan fingerprint density at radius 1 is 0.579 bits per heavy atom. The van der Waals surface area contributed by atoms with Gasteiger partial charge in [-0.15, -0.1) is 0 Å². The average Bonchev–Trinajstić information content (AvgIpc) is 2.91. The molecule has 0 saturated heterocycles. The molecule has 2 aromatic rings. The van der Waals surface area contributed by atoms with Gasteiger partial charge in [0, 0.05) is 35.7 Å². The molecule has 0 bridgehead atoms. The zero-order valence-corrected chi connectivity index (χ0v) is 23.5. The lowest BCUT2D eigenvalue weighted by Crippen LogP contribution is -1.98. The highest BCUT2D eigenvalue weighted by Crippen LogP contribution is 2.24. The second-order valence-corrected chi connectivity index (χ2v) is 9.74. The molecule has 0 aromatic heterocycles. The number of hydrogen-bond donors (Lipinski definition) is 2. The first-order valence-electron chi connectivity index (χ1n) is 14.5. The molecule has 0 atom stereocenters. The van der Waals surface area contributed by atoms with E-state index in [1.807, 2.05) is 24.3 Å². The maximum Gasteiger partial charge on any atom is 0.128 e. The summed E-state index contributed by atoms with van der Waals surface area (Å²) in [6, 6.07) is 10.6. The van der Waals surface area contributed by atoms with Crippen molar-refractivity contribution in [3.8, 4) is 23.0 Å². The van der Waals surface area contributed by atoms with E-state index in [2.05, 4.69) is 23.8 Å². The van der Waals surface area contributed by atoms with Crippen LogP contribution in [0.2, 0.25) is 0 Å². The third-order valence-corrected chi connectivity index (χ3v) is 6.36. The number of benzene rings is 2. The molecule has 2 rings (SSSR count). The summed E-state index contributed by atoms with van der Waals surface area (Å²) >= 11 is 0. The zero-order valence-electron chi connectivity index (χ0n) is 23.5. The Morgan fingerprint density at radius 2 is 0.974 bits per heavy atom. The molecule has 38 heavy (non-hydrogen) atoms. The highest BCUT2D eigenvalue weighted by Gasteiger charge is 2.03. The summed E-state index contributed by atoms with van der Waals surface area (Å²) in [6.45, 7) is 6.74. The lowest BCUT2D eigenvalue weighted by atomic mass is 10.1. The van der Waals surface area contributed by atoms with Crippen molar-refractivity contribution >= 4 is 12.4 Å². The molecule has 6 heteroatoms. The monoisotopic (exact) mass is 524 g/mol. The summed E-state index contributed by atoms with van der Waals surface area (Å²) in [6.07, 6.45) is 17.9. The van der Waals surface area contributed by atoms with E-state index < -0.39 is 0 Å². The number of aliphatic imine (C=N–C) groups is 2. The predicted molar refractivity (Wildman–Crippen MR) is 159 cm³/mol. The van der Waals surface area contributed by atoms with Crippen LogP contribution in [0.25, 0.3) is 0 Å². The highest BCUT2D eigenvalue weighted by atomic mass is 16.5. The second kappa shape index (κ2) is 20.0. The second-order valence-electron chi connectivity index (χ2n) is 9.74. The van der Waals surface area contributed by atoms with Crippen LogP contribution in [-0.4, -0.2) is 48.9 Å². The molecule has 0 aliphatic heterocycles. The molecule has 6 nitrogen and oxygen atoms in total. The summed E-state index contributed by atoms with van der Waals surface area (Å²) in [7, 11) is 0. The maximum atomic E-state index is 10.3. The number of ether oxygens (including phenoxy) is 2. The van der Waals surface area contributed by atoms with Gasteiger partial charge >= 0.3 is 0 Å². The smallest absolute Gasteiger partial charge is 0.128 e. The largest absolute Gasteiger partial charge is 0.507 e. The van der Waals surface area contributed by atoms with Crippen molar-refractivity contribution in [1.82, 2.24) is 0 Å². The van der Waals surface area contributed by atoms with Gasteiger partial charge in [-0.25, -0.2) is 0 Å². The van der Waals surface area contributed by atoms with Crippen LogP contribution in [0.4, 0.5) is 0 Å². The Balaban J connectivity index is 1.65. The Kier molecular flexibility index (Phi) is 16.4. The molecule has 0 unspecified atom stereocenters. The van der Waals surface area contributed by atoms with Crippen molar-refractivity contribution in [3.05, 3.63) is 47.5 Å². The summed E-state index contributed by atoms with van der Waals surface area (Å²) in [5.74, 6) is 1.66. The molecule has 0 amide bonds. The van der Waals surface area contributed by atoms with Crippen LogP contribution in [0.5, 0.6) is 23.0 Å². The Morgan fingerprint density at radius 3 is 1.37 bits per heavy atom. The van der Waals surface area contributed by atoms with E-state index in [1.165, 1.54) is 64.2 Å². The topological polar surface area (TPSA) is 83.6 Å². The van der Waals surface area contributed by atoms with Gasteiger partial charge in [-0.3, -0.25) is 9.98 Å². The van der Waals surface area contributed by atoms with E-state index in [4.69, 9.17) is 9.47 Å².